The minimum absolute atomic E-state index is 0. The Morgan fingerprint density at radius 3 is 1.89 bits per heavy atom. The van der Waals surface area contributed by atoms with Crippen molar-refractivity contribution < 1.29 is 158 Å². The number of Topliss-reactive ketones (excluding diaryl/α,β-unsaturated/α-hetero) is 2. The van der Waals surface area contributed by atoms with Gasteiger partial charge in [0.25, 0.3) is 5.91 Å². The van der Waals surface area contributed by atoms with Crippen LogP contribution in [-0.2, 0) is 30.4 Å². The molecule has 0 spiro atoms. The summed E-state index contributed by atoms with van der Waals surface area (Å²) in [7, 11) is 0. The number of phenols is 2. The molecular weight excluding hydrogens is 645 g/mol. The molecule has 2 aromatic rings. The van der Waals surface area contributed by atoms with Crippen LogP contribution in [0, 0.1) is 19.8 Å². The molecular formula is C27H25N2Na3O14. The summed E-state index contributed by atoms with van der Waals surface area (Å²) in [4.78, 5) is 67.6. The number of fused-ring (bicyclic) bond motifs is 3. The van der Waals surface area contributed by atoms with Crippen LogP contribution in [0.25, 0.3) is 10.8 Å². The van der Waals surface area contributed by atoms with Gasteiger partial charge in [0.1, 0.15) is 28.4 Å². The third-order valence-corrected chi connectivity index (χ3v) is 7.63. The molecule has 3 atom stereocenters. The fourth-order valence-electron chi connectivity index (χ4n) is 5.34. The van der Waals surface area contributed by atoms with Crippen molar-refractivity contribution >= 4 is 46.2 Å². The molecule has 2 aliphatic rings. The predicted octanol–water partition coefficient (Wildman–Crippen LogP) is -14.1. The second kappa shape index (κ2) is 15.9. The zero-order valence-electron chi connectivity index (χ0n) is 25.5. The molecule has 4 rings (SSSR count). The standard InChI is InChI=1S/C21H20N2O7.C6H8O7.3Na/c1-6-3-4-8-7(2)9-5-10-14(22)17(26)13(20(23)29)19(28)21(10,30)18(27)12(9)16(25)11(8)15(6)24;7-3(8)1-6(13,5(11)12)2-4(9)10;;;/h3-4,10,14,24-25,28,30H,5,22H2,1-2H3,(H2,23,29);13H,1-2H2,(H,7,8)(H,9,10)(H,11,12);;;/q;;3*+1/p-3/t10-,14+,21-;;;;/m0..../s1. The van der Waals surface area contributed by atoms with E-state index in [4.69, 9.17) is 16.6 Å². The molecule has 0 saturated heterocycles. The van der Waals surface area contributed by atoms with E-state index in [1.165, 1.54) is 0 Å². The number of phenolic OH excluding ortho intramolecular Hbond substituents is 2. The molecule has 19 heteroatoms. The largest absolute Gasteiger partial charge is 1.00 e. The predicted molar refractivity (Wildman–Crippen MR) is 134 cm³/mol. The maximum absolute atomic E-state index is 13.4. The second-order valence-electron chi connectivity index (χ2n) is 10.3. The Balaban J connectivity index is 0.00000109. The van der Waals surface area contributed by atoms with Crippen LogP contribution >= 0.6 is 0 Å². The van der Waals surface area contributed by atoms with E-state index in [-0.39, 0.29) is 112 Å². The van der Waals surface area contributed by atoms with Crippen molar-refractivity contribution in [2.24, 2.45) is 17.4 Å². The van der Waals surface area contributed by atoms with Crippen LogP contribution < -0.4 is 115 Å². The van der Waals surface area contributed by atoms with Gasteiger partial charge in [-0.15, -0.1) is 0 Å². The summed E-state index contributed by atoms with van der Waals surface area (Å²) in [5.74, 6) is -12.7. The summed E-state index contributed by atoms with van der Waals surface area (Å²) in [6.45, 7) is 3.29. The van der Waals surface area contributed by atoms with E-state index in [2.05, 4.69) is 0 Å². The second-order valence-corrected chi connectivity index (χ2v) is 10.3. The van der Waals surface area contributed by atoms with E-state index in [1.54, 1.807) is 26.0 Å². The summed E-state index contributed by atoms with van der Waals surface area (Å²) >= 11 is 0. The number of carbonyl (C=O) groups is 6. The first-order chi connectivity index (χ1) is 19.7. The number of aliphatic carboxylic acids is 3. The van der Waals surface area contributed by atoms with Crippen LogP contribution in [0.1, 0.15) is 39.9 Å². The Labute approximate surface area is 326 Å². The van der Waals surface area contributed by atoms with Gasteiger partial charge < -0.3 is 66.7 Å². The normalized spacial score (nSPS) is 20.0. The van der Waals surface area contributed by atoms with Gasteiger partial charge in [-0.1, -0.05) is 12.1 Å². The first kappa shape index (κ1) is 43.9. The molecule has 0 saturated carbocycles. The third-order valence-electron chi connectivity index (χ3n) is 7.63. The zero-order chi connectivity index (χ0) is 32.9. The van der Waals surface area contributed by atoms with Crippen LogP contribution in [0.3, 0.4) is 0 Å². The summed E-state index contributed by atoms with van der Waals surface area (Å²) < 4.78 is 0. The fourth-order valence-corrected chi connectivity index (χ4v) is 5.34. The number of primary amides is 1. The number of carboxylic acids is 3. The van der Waals surface area contributed by atoms with Crippen molar-refractivity contribution in [2.45, 2.75) is 50.4 Å². The third kappa shape index (κ3) is 7.48. The molecule has 0 aliphatic heterocycles. The summed E-state index contributed by atoms with van der Waals surface area (Å²) in [5.41, 5.74) is 5.52. The Hall–Kier alpha value is -2.06. The molecule has 16 nitrogen and oxygen atoms in total. The quantitative estimate of drug-likeness (QED) is 0.111. The average molecular weight is 670 g/mol. The van der Waals surface area contributed by atoms with E-state index >= 15 is 0 Å². The van der Waals surface area contributed by atoms with Crippen molar-refractivity contribution in [3.05, 3.63) is 45.7 Å². The van der Waals surface area contributed by atoms with Gasteiger partial charge >= 0.3 is 88.7 Å². The van der Waals surface area contributed by atoms with Crippen LogP contribution in [0.2, 0.25) is 0 Å². The summed E-state index contributed by atoms with van der Waals surface area (Å²) in [6.07, 6.45) is -2.85. The Morgan fingerprint density at radius 2 is 1.46 bits per heavy atom. The van der Waals surface area contributed by atoms with Crippen LogP contribution in [-0.4, -0.2) is 78.2 Å². The number of hydrogen-bond donors (Lipinski definition) is 7. The van der Waals surface area contributed by atoms with Gasteiger partial charge in [0.05, 0.1) is 23.0 Å². The monoisotopic (exact) mass is 670 g/mol. The molecule has 0 unspecified atom stereocenters. The number of carboxylic acid groups (broad SMARTS) is 3. The van der Waals surface area contributed by atoms with Gasteiger partial charge in [-0.05, 0) is 42.3 Å². The molecule has 0 fully saturated rings. The Morgan fingerprint density at radius 1 is 0.957 bits per heavy atom. The topological polar surface area (TPSA) is 325 Å². The SMILES string of the molecule is Cc1ccc2c(C)c3c(c(O)c2c1O)C(=O)[C@]1(O)C(O)=C(C(N)=O)C(=O)[C@H](N)[C@@H]1C3.O=C([O-])CC(O)(CC(=O)[O-])C(=O)[O-].[Na+].[Na+].[Na+]. The maximum Gasteiger partial charge on any atom is 1.00 e. The van der Waals surface area contributed by atoms with Gasteiger partial charge in [0.2, 0.25) is 5.78 Å². The number of aromatic hydroxyl groups is 2. The minimum Gasteiger partial charge on any atom is -0.550 e. The van der Waals surface area contributed by atoms with E-state index in [0.29, 0.717) is 22.1 Å². The van der Waals surface area contributed by atoms with E-state index in [1.807, 2.05) is 0 Å². The molecule has 9 N–H and O–H groups in total. The minimum atomic E-state index is -2.97. The number of carbonyl (C=O) groups excluding carboxylic acids is 6. The van der Waals surface area contributed by atoms with Crippen molar-refractivity contribution in [1.29, 1.82) is 0 Å². The number of benzene rings is 2. The molecule has 0 heterocycles. The molecule has 1 amide bonds. The van der Waals surface area contributed by atoms with Gasteiger partial charge in [-0.2, -0.15) is 0 Å². The fraction of sp³-hybridized carbons (Fsp3) is 0.333. The van der Waals surface area contributed by atoms with E-state index in [9.17, 15) is 64.5 Å². The van der Waals surface area contributed by atoms with E-state index in [0.717, 1.165) is 0 Å². The summed E-state index contributed by atoms with van der Waals surface area (Å²) in [6, 6.07) is 1.86. The molecule has 0 bridgehead atoms. The van der Waals surface area contributed by atoms with Crippen LogP contribution in [0.5, 0.6) is 11.5 Å². The number of rotatable bonds is 6. The van der Waals surface area contributed by atoms with Crippen molar-refractivity contribution in [3.8, 4) is 11.5 Å². The molecule has 46 heavy (non-hydrogen) atoms. The molecule has 2 aromatic carbocycles. The summed E-state index contributed by atoms with van der Waals surface area (Å²) in [5, 5.41) is 82.6. The number of aliphatic hydroxyl groups is 3. The van der Waals surface area contributed by atoms with Crippen molar-refractivity contribution in [1.82, 2.24) is 0 Å². The molecule has 2 aliphatic carbocycles. The number of amides is 1. The number of ketones is 2. The van der Waals surface area contributed by atoms with Gasteiger partial charge in [-0.25, -0.2) is 0 Å². The van der Waals surface area contributed by atoms with Gasteiger partial charge in [0, 0.05) is 30.7 Å². The number of aliphatic hydroxyl groups excluding tert-OH is 1. The van der Waals surface area contributed by atoms with Crippen LogP contribution in [0.4, 0.5) is 0 Å². The van der Waals surface area contributed by atoms with Gasteiger partial charge in [0.15, 0.2) is 11.4 Å². The van der Waals surface area contributed by atoms with Crippen LogP contribution in [0.15, 0.2) is 23.5 Å². The number of hydrogen-bond acceptors (Lipinski definition) is 15. The van der Waals surface area contributed by atoms with Crippen molar-refractivity contribution in [3.63, 3.8) is 0 Å². The Bertz CT molecular complexity index is 1660. The first-order valence-electron chi connectivity index (χ1n) is 12.3. The maximum atomic E-state index is 13.4. The smallest absolute Gasteiger partial charge is 0.550 e. The molecule has 230 valence electrons. The average Bonchev–Trinajstić information content (AvgIpc) is 2.88. The number of nitrogens with two attached hydrogens (primary N) is 2. The Kier molecular flexibility index (Phi) is 15.2. The first-order valence-corrected chi connectivity index (χ1v) is 12.3. The van der Waals surface area contributed by atoms with Crippen molar-refractivity contribution in [2.75, 3.05) is 0 Å². The molecule has 0 radical (unpaired) electrons. The van der Waals surface area contributed by atoms with Gasteiger partial charge in [-0.3, -0.25) is 14.4 Å². The number of aryl methyl sites for hydroxylation is 2. The molecule has 0 aromatic heterocycles. The zero-order valence-corrected chi connectivity index (χ0v) is 31.5. The van der Waals surface area contributed by atoms with E-state index < -0.39 is 88.5 Å².